The van der Waals surface area contributed by atoms with E-state index in [9.17, 15) is 0 Å². The summed E-state index contributed by atoms with van der Waals surface area (Å²) >= 11 is 0. The quantitative estimate of drug-likeness (QED) is 0.128. The monoisotopic (exact) mass is 898 g/mol. The molecular formula is C68H54N2. The molecule has 0 aliphatic heterocycles. The SMILES string of the molecule is c1ccc(-c2ccc(N(c3ccc(-c4ccccc4)cc3)c3ccc(-c4ccc(N(c5ccc(-c6ccccc6)cc5)c5ccc(-c6ccc7c(c6)C6CC8CC7CC6C8)cc5)cc4)cc3)cc2)cc1. The van der Waals surface area contributed by atoms with Gasteiger partial charge in [0.05, 0.1) is 0 Å². The Morgan fingerprint density at radius 3 is 0.886 bits per heavy atom. The molecular weight excluding hydrogens is 845 g/mol. The summed E-state index contributed by atoms with van der Waals surface area (Å²) in [6.07, 6.45) is 5.66. The molecule has 336 valence electrons. The number of benzene rings is 10. The lowest BCUT2D eigenvalue weighted by molar-refractivity contribution is 0.296. The summed E-state index contributed by atoms with van der Waals surface area (Å²) < 4.78 is 0. The summed E-state index contributed by atoms with van der Waals surface area (Å²) in [7, 11) is 0. The largest absolute Gasteiger partial charge is 0.311 e. The van der Waals surface area contributed by atoms with E-state index < -0.39 is 0 Å². The summed E-state index contributed by atoms with van der Waals surface area (Å²) in [5, 5.41) is 0. The Bertz CT molecular complexity index is 3300. The van der Waals surface area contributed by atoms with E-state index in [-0.39, 0.29) is 0 Å². The van der Waals surface area contributed by atoms with E-state index >= 15 is 0 Å². The molecule has 10 aromatic rings. The molecule has 0 N–H and O–H groups in total. The van der Waals surface area contributed by atoms with Crippen molar-refractivity contribution in [3.63, 3.8) is 0 Å². The Hall–Kier alpha value is -8.20. The normalized spacial score (nSPS) is 17.5. The van der Waals surface area contributed by atoms with Crippen molar-refractivity contribution >= 4 is 34.1 Å². The first-order chi connectivity index (χ1) is 34.6. The van der Waals surface area contributed by atoms with Crippen molar-refractivity contribution in [3.8, 4) is 55.6 Å². The van der Waals surface area contributed by atoms with Crippen LogP contribution in [0.1, 0.15) is 48.6 Å². The highest BCUT2D eigenvalue weighted by Crippen LogP contribution is 2.60. The molecule has 3 aliphatic rings. The predicted molar refractivity (Wildman–Crippen MR) is 294 cm³/mol. The fraction of sp³-hybridized carbons (Fsp3) is 0.118. The second-order valence-electron chi connectivity index (χ2n) is 19.8. The zero-order valence-corrected chi connectivity index (χ0v) is 39.3. The summed E-state index contributed by atoms with van der Waals surface area (Å²) in [5.74, 6) is 3.37. The summed E-state index contributed by atoms with van der Waals surface area (Å²) in [4.78, 5) is 4.74. The van der Waals surface area contributed by atoms with Gasteiger partial charge in [-0.25, -0.2) is 0 Å². The maximum absolute atomic E-state index is 2.55. The van der Waals surface area contributed by atoms with Crippen molar-refractivity contribution in [2.24, 2.45) is 11.8 Å². The molecule has 4 atom stereocenters. The minimum atomic E-state index is 0.759. The highest BCUT2D eigenvalue weighted by molar-refractivity contribution is 5.84. The van der Waals surface area contributed by atoms with Crippen LogP contribution in [0.2, 0.25) is 0 Å². The van der Waals surface area contributed by atoms with Gasteiger partial charge < -0.3 is 9.80 Å². The average Bonchev–Trinajstić information content (AvgIpc) is 3.68. The number of fused-ring (bicyclic) bond motifs is 5. The van der Waals surface area contributed by atoms with Gasteiger partial charge in [-0.05, 0) is 189 Å². The predicted octanol–water partition coefficient (Wildman–Crippen LogP) is 19.0. The van der Waals surface area contributed by atoms with Crippen LogP contribution in [0.3, 0.4) is 0 Å². The van der Waals surface area contributed by atoms with Gasteiger partial charge in [-0.15, -0.1) is 0 Å². The summed E-state index contributed by atoms with van der Waals surface area (Å²) in [6, 6.07) is 93.4. The Balaban J connectivity index is 0.807. The lowest BCUT2D eigenvalue weighted by Crippen LogP contribution is -2.22. The van der Waals surface area contributed by atoms with E-state index in [1.54, 1.807) is 11.1 Å². The number of hydrogen-bond acceptors (Lipinski definition) is 2. The fourth-order valence-corrected chi connectivity index (χ4v) is 12.2. The Kier molecular flexibility index (Phi) is 10.8. The van der Waals surface area contributed by atoms with Crippen LogP contribution in [0.25, 0.3) is 55.6 Å². The van der Waals surface area contributed by atoms with Crippen molar-refractivity contribution in [2.75, 3.05) is 9.80 Å². The van der Waals surface area contributed by atoms with Crippen molar-refractivity contribution < 1.29 is 0 Å². The molecule has 2 fully saturated rings. The van der Waals surface area contributed by atoms with E-state index in [2.05, 4.69) is 265 Å². The van der Waals surface area contributed by atoms with Gasteiger partial charge in [0.1, 0.15) is 0 Å². The van der Waals surface area contributed by atoms with Crippen molar-refractivity contribution in [3.05, 3.63) is 266 Å². The van der Waals surface area contributed by atoms with Crippen molar-refractivity contribution in [1.29, 1.82) is 0 Å². The van der Waals surface area contributed by atoms with E-state index in [1.807, 2.05) is 0 Å². The van der Waals surface area contributed by atoms with Gasteiger partial charge in [0.25, 0.3) is 0 Å². The molecule has 2 nitrogen and oxygen atoms in total. The lowest BCUT2D eigenvalue weighted by Gasteiger charge is -2.36. The molecule has 0 amide bonds. The molecule has 0 aromatic heterocycles. The highest BCUT2D eigenvalue weighted by atomic mass is 15.1. The van der Waals surface area contributed by atoms with Crippen LogP contribution in [-0.2, 0) is 0 Å². The minimum Gasteiger partial charge on any atom is -0.311 e. The number of hydrogen-bond donors (Lipinski definition) is 0. The molecule has 0 spiro atoms. The van der Waals surface area contributed by atoms with Gasteiger partial charge in [-0.1, -0.05) is 182 Å². The number of anilines is 6. The van der Waals surface area contributed by atoms with Gasteiger partial charge in [0.15, 0.2) is 0 Å². The van der Waals surface area contributed by atoms with Crippen LogP contribution in [-0.4, -0.2) is 0 Å². The fourth-order valence-electron chi connectivity index (χ4n) is 12.2. The van der Waals surface area contributed by atoms with Gasteiger partial charge in [0, 0.05) is 34.1 Å². The molecule has 3 bridgehead atoms. The Morgan fingerprint density at radius 2 is 0.543 bits per heavy atom. The second-order valence-corrected chi connectivity index (χ2v) is 19.8. The number of nitrogens with zero attached hydrogens (tertiary/aromatic N) is 2. The molecule has 70 heavy (non-hydrogen) atoms. The van der Waals surface area contributed by atoms with Crippen LogP contribution in [0.4, 0.5) is 34.1 Å². The third kappa shape index (κ3) is 8.00. The lowest BCUT2D eigenvalue weighted by atomic mass is 9.68. The average molecular weight is 899 g/mol. The zero-order valence-electron chi connectivity index (χ0n) is 39.3. The van der Waals surface area contributed by atoms with Gasteiger partial charge in [-0.2, -0.15) is 0 Å². The second kappa shape index (κ2) is 18.0. The first-order valence-electron chi connectivity index (χ1n) is 25.2. The van der Waals surface area contributed by atoms with Gasteiger partial charge in [-0.3, -0.25) is 0 Å². The smallest absolute Gasteiger partial charge is 0.0462 e. The zero-order chi connectivity index (χ0) is 46.4. The topological polar surface area (TPSA) is 6.48 Å². The van der Waals surface area contributed by atoms with Crippen molar-refractivity contribution in [2.45, 2.75) is 37.5 Å². The maximum atomic E-state index is 2.55. The van der Waals surface area contributed by atoms with E-state index in [0.29, 0.717) is 0 Å². The van der Waals surface area contributed by atoms with Gasteiger partial charge in [0.2, 0.25) is 0 Å². The molecule has 13 rings (SSSR count). The van der Waals surface area contributed by atoms with Crippen molar-refractivity contribution in [1.82, 2.24) is 0 Å². The molecule has 0 heterocycles. The third-order valence-corrected chi connectivity index (χ3v) is 15.7. The molecule has 0 saturated heterocycles. The number of rotatable bonds is 11. The molecule has 10 aromatic carbocycles. The first-order valence-corrected chi connectivity index (χ1v) is 25.2. The maximum Gasteiger partial charge on any atom is 0.0462 e. The van der Waals surface area contributed by atoms with Crippen LogP contribution in [0, 0.1) is 11.8 Å². The highest BCUT2D eigenvalue weighted by Gasteiger charge is 2.46. The third-order valence-electron chi connectivity index (χ3n) is 15.7. The summed E-state index contributed by atoms with van der Waals surface area (Å²) in [6.45, 7) is 0. The minimum absolute atomic E-state index is 0.759. The Morgan fingerprint density at radius 1 is 0.243 bits per heavy atom. The van der Waals surface area contributed by atoms with Crippen LogP contribution < -0.4 is 9.80 Å². The van der Waals surface area contributed by atoms with E-state index in [0.717, 1.165) is 57.8 Å². The molecule has 3 aliphatic carbocycles. The van der Waals surface area contributed by atoms with E-state index in [1.165, 1.54) is 81.3 Å². The van der Waals surface area contributed by atoms with Gasteiger partial charge >= 0.3 is 0 Å². The molecule has 0 radical (unpaired) electrons. The van der Waals surface area contributed by atoms with Crippen LogP contribution >= 0.6 is 0 Å². The first kappa shape index (κ1) is 41.9. The molecule has 2 heteroatoms. The molecule has 4 unspecified atom stereocenters. The van der Waals surface area contributed by atoms with E-state index in [4.69, 9.17) is 0 Å². The standard InChI is InChI=1S/C68H54N2/c1-4-10-48(11-5-1)51-16-29-60(30-17-51)69(61-31-18-52(19-32-61)49-12-6-2-7-13-49)63-35-22-54(23-36-63)55-24-37-64(38-25-55)70(62-33-20-53(21-34-62)50-14-8-3-9-15-50)65-39-26-56(27-40-65)57-28-41-66-58-42-47-43-59(45-58)67(44-47)68(66)46-57/h1-41,46-47,58-59,67H,42-45H2. The van der Waals surface area contributed by atoms with Crippen LogP contribution in [0.15, 0.2) is 255 Å². The van der Waals surface area contributed by atoms with Crippen LogP contribution in [0.5, 0.6) is 0 Å². The Labute approximate surface area is 412 Å². The molecule has 2 saturated carbocycles. The summed E-state index contributed by atoms with van der Waals surface area (Å²) in [5.41, 5.74) is 22.2.